The van der Waals surface area contributed by atoms with E-state index in [4.69, 9.17) is 0 Å². The number of phenolic OH excluding ortho intramolecular Hbond substituents is 1. The third-order valence-electron chi connectivity index (χ3n) is 3.69. The SMILES string of the molecule is C=C(CCC)C(C)C.CC.CC.CC.CCC.Cc1ccc2c(C)cc(O)cc2c1. The Morgan fingerprint density at radius 1 is 0.867 bits per heavy atom. The van der Waals surface area contributed by atoms with Gasteiger partial charge in [-0.2, -0.15) is 0 Å². The van der Waals surface area contributed by atoms with Gasteiger partial charge in [-0.3, -0.25) is 0 Å². The summed E-state index contributed by atoms with van der Waals surface area (Å²) in [6, 6.07) is 9.86. The molecule has 1 nitrogen and oxygen atoms in total. The van der Waals surface area contributed by atoms with Gasteiger partial charge >= 0.3 is 0 Å². The van der Waals surface area contributed by atoms with Gasteiger partial charge in [0.15, 0.2) is 0 Å². The van der Waals surface area contributed by atoms with Gasteiger partial charge in [-0.25, -0.2) is 0 Å². The van der Waals surface area contributed by atoms with Crippen molar-refractivity contribution in [3.8, 4) is 5.75 Å². The minimum absolute atomic E-state index is 0.343. The van der Waals surface area contributed by atoms with E-state index < -0.39 is 0 Å². The standard InChI is InChI=1S/C12H12O.C8H16.C3H8.3C2H6/c1-8-3-4-12-9(2)6-11(13)7-10(12)5-8;1-5-6-8(4)7(2)3;1-3-2;3*1-2/h3-7,13H,1-2H3;7H,4-6H2,1-3H3;3H2,1-2H3;3*1-2H3. The van der Waals surface area contributed by atoms with Crippen LogP contribution >= 0.6 is 0 Å². The van der Waals surface area contributed by atoms with Gasteiger partial charge in [0, 0.05) is 0 Å². The van der Waals surface area contributed by atoms with Crippen molar-refractivity contribution in [1.82, 2.24) is 0 Å². The summed E-state index contributed by atoms with van der Waals surface area (Å²) in [4.78, 5) is 0. The first-order valence-electron chi connectivity index (χ1n) is 12.1. The lowest BCUT2D eigenvalue weighted by Crippen LogP contribution is -1.90. The molecule has 0 unspecified atom stereocenters. The normalized spacial score (nSPS) is 8.47. The molecule has 30 heavy (non-hydrogen) atoms. The number of fused-ring (bicyclic) bond motifs is 1. The van der Waals surface area contributed by atoms with E-state index in [2.05, 4.69) is 66.3 Å². The fourth-order valence-corrected chi connectivity index (χ4v) is 2.27. The van der Waals surface area contributed by atoms with Crippen molar-refractivity contribution in [3.63, 3.8) is 0 Å². The molecule has 0 aliphatic heterocycles. The number of phenols is 1. The molecule has 2 rings (SSSR count). The van der Waals surface area contributed by atoms with Gasteiger partial charge in [0.05, 0.1) is 0 Å². The van der Waals surface area contributed by atoms with Crippen LogP contribution in [0.4, 0.5) is 0 Å². The van der Waals surface area contributed by atoms with E-state index in [-0.39, 0.29) is 0 Å². The lowest BCUT2D eigenvalue weighted by molar-refractivity contribution is 0.476. The van der Waals surface area contributed by atoms with Crippen molar-refractivity contribution in [2.75, 3.05) is 0 Å². The molecule has 0 amide bonds. The molecule has 0 heterocycles. The highest BCUT2D eigenvalue weighted by Gasteiger charge is 1.99. The smallest absolute Gasteiger partial charge is 0.116 e. The summed E-state index contributed by atoms with van der Waals surface area (Å²) in [5.41, 5.74) is 3.72. The molecule has 0 aliphatic rings. The summed E-state index contributed by atoms with van der Waals surface area (Å²) in [6.45, 7) is 30.8. The predicted molar refractivity (Wildman–Crippen MR) is 144 cm³/mol. The largest absolute Gasteiger partial charge is 0.508 e. The van der Waals surface area contributed by atoms with Crippen LogP contribution in [-0.4, -0.2) is 5.11 Å². The Balaban J connectivity index is -0.000000172. The molecule has 2 aromatic rings. The Hall–Kier alpha value is -1.76. The Labute approximate surface area is 190 Å². The zero-order chi connectivity index (χ0) is 24.7. The van der Waals surface area contributed by atoms with Crippen molar-refractivity contribution < 1.29 is 5.11 Å². The van der Waals surface area contributed by atoms with Gasteiger partial charge in [0.1, 0.15) is 5.75 Å². The number of aryl methyl sites for hydroxylation is 2. The zero-order valence-corrected chi connectivity index (χ0v) is 22.7. The lowest BCUT2D eigenvalue weighted by atomic mass is 10.0. The average Bonchev–Trinajstić information content (AvgIpc) is 2.73. The van der Waals surface area contributed by atoms with Gasteiger partial charge < -0.3 is 5.11 Å². The van der Waals surface area contributed by atoms with E-state index in [9.17, 15) is 5.11 Å². The second kappa shape index (κ2) is 25.3. The van der Waals surface area contributed by atoms with Crippen LogP contribution < -0.4 is 0 Å². The van der Waals surface area contributed by atoms with Gasteiger partial charge in [-0.1, -0.05) is 125 Å². The second-order valence-corrected chi connectivity index (χ2v) is 6.76. The molecule has 1 N–H and O–H groups in total. The Kier molecular flexibility index (Phi) is 30.0. The van der Waals surface area contributed by atoms with Gasteiger partial charge in [0.25, 0.3) is 0 Å². The first kappa shape index (κ1) is 35.7. The van der Waals surface area contributed by atoms with E-state index in [1.165, 1.54) is 35.8 Å². The van der Waals surface area contributed by atoms with Gasteiger partial charge in [-0.05, 0) is 54.7 Å². The van der Waals surface area contributed by atoms with Crippen LogP contribution in [0.5, 0.6) is 5.75 Å². The maximum atomic E-state index is 9.40. The van der Waals surface area contributed by atoms with E-state index in [0.717, 1.165) is 10.9 Å². The average molecular weight is 419 g/mol. The van der Waals surface area contributed by atoms with Crippen LogP contribution in [-0.2, 0) is 0 Å². The number of benzene rings is 2. The Bertz CT molecular complexity index is 618. The first-order chi connectivity index (χ1) is 14.3. The monoisotopic (exact) mass is 418 g/mol. The molecular formula is C29H54O. The van der Waals surface area contributed by atoms with Crippen LogP contribution in [0.1, 0.15) is 107 Å². The number of hydrogen-bond donors (Lipinski definition) is 1. The van der Waals surface area contributed by atoms with E-state index >= 15 is 0 Å². The highest BCUT2D eigenvalue weighted by molar-refractivity contribution is 5.87. The van der Waals surface area contributed by atoms with Crippen LogP contribution in [0, 0.1) is 19.8 Å². The first-order valence-corrected chi connectivity index (χ1v) is 12.1. The second-order valence-electron chi connectivity index (χ2n) is 6.76. The molecular weight excluding hydrogens is 364 g/mol. The minimum Gasteiger partial charge on any atom is -0.508 e. The molecule has 0 atom stereocenters. The molecule has 0 spiro atoms. The number of aromatic hydroxyl groups is 1. The van der Waals surface area contributed by atoms with E-state index in [1.54, 1.807) is 12.1 Å². The molecule has 0 radical (unpaired) electrons. The Morgan fingerprint density at radius 2 is 1.33 bits per heavy atom. The molecule has 2 aromatic carbocycles. The summed E-state index contributed by atoms with van der Waals surface area (Å²) in [5, 5.41) is 11.7. The molecule has 176 valence electrons. The minimum atomic E-state index is 0.343. The van der Waals surface area contributed by atoms with Crippen LogP contribution in [0.15, 0.2) is 42.5 Å². The van der Waals surface area contributed by atoms with Gasteiger partial charge in [0.2, 0.25) is 0 Å². The molecule has 0 aliphatic carbocycles. The molecule has 0 saturated heterocycles. The maximum Gasteiger partial charge on any atom is 0.116 e. The number of allylic oxidation sites excluding steroid dienone is 1. The predicted octanol–water partition coefficient (Wildman–Crippen LogP) is 10.7. The molecule has 0 aromatic heterocycles. The highest BCUT2D eigenvalue weighted by Crippen LogP contribution is 2.24. The van der Waals surface area contributed by atoms with Crippen molar-refractivity contribution in [1.29, 1.82) is 0 Å². The number of hydrogen-bond acceptors (Lipinski definition) is 1. The van der Waals surface area contributed by atoms with Crippen LogP contribution in [0.3, 0.4) is 0 Å². The van der Waals surface area contributed by atoms with Crippen LogP contribution in [0.2, 0.25) is 0 Å². The molecule has 1 heteroatoms. The van der Waals surface area contributed by atoms with Crippen molar-refractivity contribution in [3.05, 3.63) is 53.6 Å². The number of rotatable bonds is 3. The molecule has 0 bridgehead atoms. The van der Waals surface area contributed by atoms with Crippen LogP contribution in [0.25, 0.3) is 10.8 Å². The molecule has 0 fully saturated rings. The quantitative estimate of drug-likeness (QED) is 0.491. The summed E-state index contributed by atoms with van der Waals surface area (Å²) >= 11 is 0. The summed E-state index contributed by atoms with van der Waals surface area (Å²) in [7, 11) is 0. The van der Waals surface area contributed by atoms with Crippen molar-refractivity contribution in [2.45, 2.75) is 109 Å². The molecule has 0 saturated carbocycles. The fraction of sp³-hybridized carbons (Fsp3) is 0.586. The third kappa shape index (κ3) is 18.3. The summed E-state index contributed by atoms with van der Waals surface area (Å²) in [5.74, 6) is 1.02. The Morgan fingerprint density at radius 3 is 1.70 bits per heavy atom. The third-order valence-corrected chi connectivity index (χ3v) is 3.69. The lowest BCUT2D eigenvalue weighted by Gasteiger charge is -2.05. The van der Waals surface area contributed by atoms with Crippen molar-refractivity contribution >= 4 is 10.8 Å². The fourth-order valence-electron chi connectivity index (χ4n) is 2.27. The maximum absolute atomic E-state index is 9.40. The van der Waals surface area contributed by atoms with Crippen molar-refractivity contribution in [2.24, 2.45) is 5.92 Å². The van der Waals surface area contributed by atoms with E-state index in [1.807, 2.05) is 48.5 Å². The van der Waals surface area contributed by atoms with E-state index in [0.29, 0.717) is 11.7 Å². The summed E-state index contributed by atoms with van der Waals surface area (Å²) < 4.78 is 0. The van der Waals surface area contributed by atoms with Gasteiger partial charge in [-0.15, -0.1) is 0 Å². The summed E-state index contributed by atoms with van der Waals surface area (Å²) in [6.07, 6.45) is 3.68. The highest BCUT2D eigenvalue weighted by atomic mass is 16.3. The topological polar surface area (TPSA) is 20.2 Å². The zero-order valence-electron chi connectivity index (χ0n) is 22.7.